The molecule has 1 atom stereocenters. The van der Waals surface area contributed by atoms with Crippen molar-refractivity contribution in [3.05, 3.63) is 28.5 Å². The van der Waals surface area contributed by atoms with Crippen LogP contribution in [0.3, 0.4) is 0 Å². The highest BCUT2D eigenvalue weighted by Crippen LogP contribution is 2.23. The zero-order valence-corrected chi connectivity index (χ0v) is 12.7. The second-order valence-corrected chi connectivity index (χ2v) is 5.80. The van der Waals surface area contributed by atoms with Crippen LogP contribution in [0.5, 0.6) is 0 Å². The lowest BCUT2D eigenvalue weighted by Crippen LogP contribution is -2.45. The Morgan fingerprint density at radius 1 is 1.53 bits per heavy atom. The fourth-order valence-electron chi connectivity index (χ4n) is 1.22. The van der Waals surface area contributed by atoms with E-state index in [2.05, 4.69) is 26.6 Å². The van der Waals surface area contributed by atoms with Gasteiger partial charge in [-0.1, -0.05) is 13.8 Å². The third-order valence-corrected chi connectivity index (χ3v) is 3.69. The summed E-state index contributed by atoms with van der Waals surface area (Å²) in [7, 11) is 0. The molecule has 6 heteroatoms. The molecule has 106 valence electrons. The molecule has 19 heavy (non-hydrogen) atoms. The summed E-state index contributed by atoms with van der Waals surface area (Å²) in [6, 6.07) is 3.53. The van der Waals surface area contributed by atoms with Crippen molar-refractivity contribution in [3.63, 3.8) is 0 Å². The van der Waals surface area contributed by atoms with Crippen molar-refractivity contribution >= 4 is 27.6 Å². The van der Waals surface area contributed by atoms with Crippen LogP contribution in [0.25, 0.3) is 0 Å². The Labute approximate surface area is 120 Å². The van der Waals surface area contributed by atoms with Gasteiger partial charge in [-0.05, 0) is 47.0 Å². The van der Waals surface area contributed by atoms with Crippen molar-refractivity contribution in [2.45, 2.75) is 26.4 Å². The van der Waals surface area contributed by atoms with Gasteiger partial charge in [0.1, 0.15) is 5.82 Å². The van der Waals surface area contributed by atoms with Gasteiger partial charge in [0, 0.05) is 11.0 Å². The first-order valence-corrected chi connectivity index (χ1v) is 6.74. The molecule has 0 aliphatic carbocycles. The van der Waals surface area contributed by atoms with E-state index in [0.29, 0.717) is 10.2 Å². The van der Waals surface area contributed by atoms with E-state index in [9.17, 15) is 14.3 Å². The Bertz CT molecular complexity index is 464. The van der Waals surface area contributed by atoms with Gasteiger partial charge in [0.05, 0.1) is 11.3 Å². The van der Waals surface area contributed by atoms with Gasteiger partial charge in [0.25, 0.3) is 0 Å². The molecule has 0 fully saturated rings. The van der Waals surface area contributed by atoms with E-state index < -0.39 is 11.6 Å². The van der Waals surface area contributed by atoms with Gasteiger partial charge in [0.15, 0.2) is 0 Å². The van der Waals surface area contributed by atoms with Crippen LogP contribution >= 0.6 is 15.9 Å². The number of carbonyl (C=O) groups is 1. The number of anilines is 1. The summed E-state index contributed by atoms with van der Waals surface area (Å²) in [5, 5.41) is 15.2. The quantitative estimate of drug-likeness (QED) is 0.793. The minimum Gasteiger partial charge on any atom is -0.388 e. The van der Waals surface area contributed by atoms with Gasteiger partial charge >= 0.3 is 6.03 Å². The molecule has 0 heterocycles. The number of benzene rings is 1. The first-order chi connectivity index (χ1) is 8.72. The van der Waals surface area contributed by atoms with Gasteiger partial charge in [-0.25, -0.2) is 9.18 Å². The zero-order chi connectivity index (χ0) is 14.6. The van der Waals surface area contributed by atoms with Gasteiger partial charge in [-0.2, -0.15) is 0 Å². The van der Waals surface area contributed by atoms with Gasteiger partial charge in [0.2, 0.25) is 0 Å². The van der Waals surface area contributed by atoms with Crippen molar-refractivity contribution < 1.29 is 14.3 Å². The lowest BCUT2D eigenvalue weighted by molar-refractivity contribution is 0.0170. The smallest absolute Gasteiger partial charge is 0.319 e. The standard InChI is InChI=1S/C13H18BrFN2O2/c1-8(2)13(3,19)7-16-12(18)17-11-5-4-9(15)6-10(11)14/h4-6,8,19H,7H2,1-3H3,(H2,16,17,18). The highest BCUT2D eigenvalue weighted by atomic mass is 79.9. The molecule has 1 unspecified atom stereocenters. The van der Waals surface area contributed by atoms with E-state index in [1.807, 2.05) is 13.8 Å². The zero-order valence-electron chi connectivity index (χ0n) is 11.1. The largest absolute Gasteiger partial charge is 0.388 e. The van der Waals surface area contributed by atoms with Gasteiger partial charge < -0.3 is 15.7 Å². The van der Waals surface area contributed by atoms with Gasteiger partial charge in [-0.15, -0.1) is 0 Å². The topological polar surface area (TPSA) is 61.4 Å². The molecule has 0 bridgehead atoms. The lowest BCUT2D eigenvalue weighted by Gasteiger charge is -2.27. The van der Waals surface area contributed by atoms with Crippen LogP contribution < -0.4 is 10.6 Å². The van der Waals surface area contributed by atoms with Crippen LogP contribution in [0.1, 0.15) is 20.8 Å². The summed E-state index contributed by atoms with van der Waals surface area (Å²) >= 11 is 3.16. The summed E-state index contributed by atoms with van der Waals surface area (Å²) in [6.45, 7) is 5.54. The number of hydrogen-bond donors (Lipinski definition) is 3. The fraction of sp³-hybridized carbons (Fsp3) is 0.462. The molecule has 0 spiro atoms. The number of hydrogen-bond acceptors (Lipinski definition) is 2. The van der Waals surface area contributed by atoms with Gasteiger partial charge in [-0.3, -0.25) is 0 Å². The number of rotatable bonds is 4. The summed E-state index contributed by atoms with van der Waals surface area (Å²) in [5.41, 5.74) is -0.514. The van der Waals surface area contributed by atoms with Crippen LogP contribution in [0, 0.1) is 11.7 Å². The molecule has 2 amide bonds. The van der Waals surface area contributed by atoms with Crippen LogP contribution in [-0.2, 0) is 0 Å². The van der Waals surface area contributed by atoms with Crippen molar-refractivity contribution in [2.75, 3.05) is 11.9 Å². The van der Waals surface area contributed by atoms with Crippen LogP contribution in [0.15, 0.2) is 22.7 Å². The van der Waals surface area contributed by atoms with E-state index in [4.69, 9.17) is 0 Å². The van der Waals surface area contributed by atoms with E-state index in [-0.39, 0.29) is 18.3 Å². The Hall–Kier alpha value is -1.14. The average molecular weight is 333 g/mol. The summed E-state index contributed by atoms with van der Waals surface area (Å²) in [4.78, 5) is 11.7. The average Bonchev–Trinajstić information content (AvgIpc) is 2.30. The molecule has 0 aliphatic rings. The lowest BCUT2D eigenvalue weighted by atomic mass is 9.93. The number of halogens is 2. The molecule has 3 N–H and O–H groups in total. The third-order valence-electron chi connectivity index (χ3n) is 3.03. The van der Waals surface area contributed by atoms with E-state index in [0.717, 1.165) is 0 Å². The molecule has 0 aromatic heterocycles. The Kier molecular flexibility index (Phi) is 5.31. The van der Waals surface area contributed by atoms with E-state index >= 15 is 0 Å². The van der Waals surface area contributed by atoms with E-state index in [1.165, 1.54) is 18.2 Å². The van der Waals surface area contributed by atoms with Crippen LogP contribution in [0.4, 0.5) is 14.9 Å². The second-order valence-electron chi connectivity index (χ2n) is 4.94. The molecule has 1 aromatic rings. The molecule has 0 saturated heterocycles. The number of urea groups is 1. The SMILES string of the molecule is CC(C)C(C)(O)CNC(=O)Nc1ccc(F)cc1Br. The highest BCUT2D eigenvalue weighted by molar-refractivity contribution is 9.10. The predicted octanol–water partition coefficient (Wildman–Crippen LogP) is 3.12. The van der Waals surface area contributed by atoms with Crippen molar-refractivity contribution in [1.29, 1.82) is 0 Å². The number of carbonyl (C=O) groups excluding carboxylic acids is 1. The molecule has 0 aliphatic heterocycles. The van der Waals surface area contributed by atoms with E-state index in [1.54, 1.807) is 6.92 Å². The monoisotopic (exact) mass is 332 g/mol. The van der Waals surface area contributed by atoms with Crippen molar-refractivity contribution in [2.24, 2.45) is 5.92 Å². The number of amides is 2. The van der Waals surface area contributed by atoms with Crippen molar-refractivity contribution in [1.82, 2.24) is 5.32 Å². The Balaban J connectivity index is 2.57. The normalized spacial score (nSPS) is 14.1. The second kappa shape index (κ2) is 6.34. The molecule has 0 saturated carbocycles. The summed E-state index contributed by atoms with van der Waals surface area (Å²) in [6.07, 6.45) is 0. The maximum atomic E-state index is 12.9. The molecule has 1 rings (SSSR count). The Morgan fingerprint density at radius 3 is 2.68 bits per heavy atom. The summed E-state index contributed by atoms with van der Waals surface area (Å²) in [5.74, 6) is -0.370. The number of nitrogens with one attached hydrogen (secondary N) is 2. The highest BCUT2D eigenvalue weighted by Gasteiger charge is 2.25. The Morgan fingerprint density at radius 2 is 2.16 bits per heavy atom. The third kappa shape index (κ3) is 4.80. The molecule has 1 aromatic carbocycles. The minimum absolute atomic E-state index is 0.0188. The first kappa shape index (κ1) is 15.9. The molecular weight excluding hydrogens is 315 g/mol. The number of aliphatic hydroxyl groups is 1. The molecule has 4 nitrogen and oxygen atoms in total. The molecule has 0 radical (unpaired) electrons. The summed E-state index contributed by atoms with van der Waals surface area (Å²) < 4.78 is 13.3. The molecular formula is C13H18BrFN2O2. The maximum absolute atomic E-state index is 12.9. The predicted molar refractivity (Wildman–Crippen MR) is 76.6 cm³/mol. The minimum atomic E-state index is -0.975. The first-order valence-electron chi connectivity index (χ1n) is 5.94. The van der Waals surface area contributed by atoms with Crippen LogP contribution in [0.2, 0.25) is 0 Å². The van der Waals surface area contributed by atoms with Crippen LogP contribution in [-0.4, -0.2) is 23.3 Å². The maximum Gasteiger partial charge on any atom is 0.319 e. The van der Waals surface area contributed by atoms with Crippen molar-refractivity contribution in [3.8, 4) is 0 Å². The fourth-order valence-corrected chi connectivity index (χ4v) is 1.67.